The minimum Gasteiger partial charge on any atom is -0.496 e. The quantitative estimate of drug-likeness (QED) is 0.784. The number of ether oxygens (including phenoxy) is 1. The van der Waals surface area contributed by atoms with E-state index in [-0.39, 0.29) is 12.1 Å². The summed E-state index contributed by atoms with van der Waals surface area (Å²) in [5.41, 5.74) is 0.763. The molecular weight excluding hydrogens is 190 g/mol. The third kappa shape index (κ3) is 1.73. The van der Waals surface area contributed by atoms with E-state index >= 15 is 0 Å². The van der Waals surface area contributed by atoms with Crippen molar-refractivity contribution in [3.63, 3.8) is 0 Å². The van der Waals surface area contributed by atoms with Crippen LogP contribution in [0.4, 0.5) is 0 Å². The molecule has 1 atom stereocenters. The van der Waals surface area contributed by atoms with Crippen LogP contribution in [-0.2, 0) is 5.54 Å². The Labute approximate surface area is 90.1 Å². The average Bonchev–Trinajstić information content (AvgIpc) is 2.79. The molecule has 2 N–H and O–H groups in total. The Kier molecular flexibility index (Phi) is 2.93. The summed E-state index contributed by atoms with van der Waals surface area (Å²) in [5.74, 6) is 0.848. The van der Waals surface area contributed by atoms with Gasteiger partial charge in [-0.15, -0.1) is 0 Å². The lowest BCUT2D eigenvalue weighted by atomic mass is 9.88. The molecule has 0 bridgehead atoms. The van der Waals surface area contributed by atoms with E-state index in [1.54, 1.807) is 7.11 Å². The van der Waals surface area contributed by atoms with E-state index < -0.39 is 0 Å². The highest BCUT2D eigenvalue weighted by atomic mass is 16.5. The fraction of sp³-hybridized carbons (Fsp3) is 0.500. The van der Waals surface area contributed by atoms with E-state index in [0.29, 0.717) is 0 Å². The van der Waals surface area contributed by atoms with Crippen LogP contribution in [0.1, 0.15) is 18.4 Å². The Hall–Kier alpha value is -1.06. The van der Waals surface area contributed by atoms with Gasteiger partial charge in [0.15, 0.2) is 0 Å². The summed E-state index contributed by atoms with van der Waals surface area (Å²) >= 11 is 0. The van der Waals surface area contributed by atoms with E-state index in [4.69, 9.17) is 4.74 Å². The first kappa shape index (κ1) is 10.5. The SMILES string of the molecule is COc1ccccc1C1(CO)CCCN1. The summed E-state index contributed by atoms with van der Waals surface area (Å²) in [4.78, 5) is 0. The first-order chi connectivity index (χ1) is 7.32. The van der Waals surface area contributed by atoms with Crippen molar-refractivity contribution in [2.75, 3.05) is 20.3 Å². The zero-order chi connectivity index (χ0) is 10.7. The number of aliphatic hydroxyl groups is 1. The fourth-order valence-electron chi connectivity index (χ4n) is 2.30. The summed E-state index contributed by atoms with van der Waals surface area (Å²) in [7, 11) is 1.67. The van der Waals surface area contributed by atoms with Crippen molar-refractivity contribution in [2.24, 2.45) is 0 Å². The number of methoxy groups -OCH3 is 1. The van der Waals surface area contributed by atoms with E-state index in [9.17, 15) is 5.11 Å². The highest BCUT2D eigenvalue weighted by Gasteiger charge is 2.36. The zero-order valence-electron chi connectivity index (χ0n) is 8.99. The molecule has 3 nitrogen and oxygen atoms in total. The van der Waals surface area contributed by atoms with Gasteiger partial charge in [-0.1, -0.05) is 18.2 Å². The van der Waals surface area contributed by atoms with Gasteiger partial charge in [-0.3, -0.25) is 0 Å². The summed E-state index contributed by atoms with van der Waals surface area (Å²) in [6, 6.07) is 7.89. The van der Waals surface area contributed by atoms with Crippen LogP contribution in [0.3, 0.4) is 0 Å². The summed E-state index contributed by atoms with van der Waals surface area (Å²) in [5, 5.41) is 13.0. The fourth-order valence-corrected chi connectivity index (χ4v) is 2.30. The minimum absolute atomic E-state index is 0.118. The number of rotatable bonds is 3. The summed E-state index contributed by atoms with van der Waals surface area (Å²) in [6.45, 7) is 1.08. The van der Waals surface area contributed by atoms with Gasteiger partial charge in [0.05, 0.1) is 19.3 Å². The molecular formula is C12H17NO2. The molecule has 1 unspecified atom stereocenters. The van der Waals surface area contributed by atoms with E-state index in [0.717, 1.165) is 30.7 Å². The van der Waals surface area contributed by atoms with Gasteiger partial charge in [-0.05, 0) is 25.5 Å². The van der Waals surface area contributed by atoms with Crippen LogP contribution in [-0.4, -0.2) is 25.4 Å². The van der Waals surface area contributed by atoms with Gasteiger partial charge >= 0.3 is 0 Å². The van der Waals surface area contributed by atoms with Gasteiger partial charge < -0.3 is 15.2 Å². The maximum Gasteiger partial charge on any atom is 0.124 e. The highest BCUT2D eigenvalue weighted by Crippen LogP contribution is 2.35. The lowest BCUT2D eigenvalue weighted by Crippen LogP contribution is -2.40. The van der Waals surface area contributed by atoms with Crippen LogP contribution < -0.4 is 10.1 Å². The minimum atomic E-state index is -0.299. The van der Waals surface area contributed by atoms with Crippen molar-refractivity contribution in [1.29, 1.82) is 0 Å². The molecule has 0 saturated carbocycles. The molecule has 2 rings (SSSR count). The number of hydrogen-bond acceptors (Lipinski definition) is 3. The standard InChI is InChI=1S/C12H17NO2/c1-15-11-6-3-2-5-10(11)12(9-14)7-4-8-13-12/h2-3,5-6,13-14H,4,7-9H2,1H3. The van der Waals surface area contributed by atoms with Crippen molar-refractivity contribution in [2.45, 2.75) is 18.4 Å². The molecule has 15 heavy (non-hydrogen) atoms. The van der Waals surface area contributed by atoms with Gasteiger partial charge in [0.2, 0.25) is 0 Å². The highest BCUT2D eigenvalue weighted by molar-refractivity contribution is 5.40. The van der Waals surface area contributed by atoms with Gasteiger partial charge in [0, 0.05) is 5.56 Å². The van der Waals surface area contributed by atoms with Gasteiger partial charge in [0.1, 0.15) is 5.75 Å². The van der Waals surface area contributed by atoms with E-state index in [2.05, 4.69) is 5.32 Å². The molecule has 1 aromatic carbocycles. The Morgan fingerprint density at radius 2 is 2.27 bits per heavy atom. The molecule has 0 aliphatic carbocycles. The van der Waals surface area contributed by atoms with Crippen molar-refractivity contribution < 1.29 is 9.84 Å². The molecule has 0 radical (unpaired) electrons. The lowest BCUT2D eigenvalue weighted by molar-refractivity contribution is 0.175. The van der Waals surface area contributed by atoms with Gasteiger partial charge in [-0.25, -0.2) is 0 Å². The number of aliphatic hydroxyl groups excluding tert-OH is 1. The number of hydrogen-bond donors (Lipinski definition) is 2. The van der Waals surface area contributed by atoms with Crippen molar-refractivity contribution in [3.05, 3.63) is 29.8 Å². The second kappa shape index (κ2) is 4.21. The molecule has 0 spiro atoms. The summed E-state index contributed by atoms with van der Waals surface area (Å²) in [6.07, 6.45) is 2.06. The topological polar surface area (TPSA) is 41.5 Å². The molecule has 1 aromatic rings. The number of para-hydroxylation sites is 1. The molecule has 1 fully saturated rings. The third-order valence-electron chi connectivity index (χ3n) is 3.14. The number of nitrogens with one attached hydrogen (secondary N) is 1. The van der Waals surface area contributed by atoms with E-state index in [1.165, 1.54) is 0 Å². The normalized spacial score (nSPS) is 25.5. The average molecular weight is 207 g/mol. The molecule has 0 amide bonds. The number of benzene rings is 1. The van der Waals surface area contributed by atoms with Crippen molar-refractivity contribution >= 4 is 0 Å². The van der Waals surface area contributed by atoms with Crippen LogP contribution in [0.15, 0.2) is 24.3 Å². The molecule has 1 aliphatic heterocycles. The molecule has 0 aromatic heterocycles. The van der Waals surface area contributed by atoms with Crippen molar-refractivity contribution in [1.82, 2.24) is 5.32 Å². The molecule has 3 heteroatoms. The van der Waals surface area contributed by atoms with Crippen molar-refractivity contribution in [3.8, 4) is 5.75 Å². The lowest BCUT2D eigenvalue weighted by Gasteiger charge is -2.29. The molecule has 1 saturated heterocycles. The smallest absolute Gasteiger partial charge is 0.124 e. The Morgan fingerprint density at radius 1 is 1.47 bits per heavy atom. The Balaban J connectivity index is 2.41. The first-order valence-electron chi connectivity index (χ1n) is 5.32. The summed E-state index contributed by atoms with van der Waals surface area (Å²) < 4.78 is 5.33. The first-order valence-corrected chi connectivity index (χ1v) is 5.32. The monoisotopic (exact) mass is 207 g/mol. The van der Waals surface area contributed by atoms with Crippen LogP contribution in [0.5, 0.6) is 5.75 Å². The van der Waals surface area contributed by atoms with Crippen LogP contribution in [0.25, 0.3) is 0 Å². The maximum absolute atomic E-state index is 9.57. The van der Waals surface area contributed by atoms with Crippen LogP contribution in [0, 0.1) is 0 Å². The molecule has 1 aliphatic rings. The third-order valence-corrected chi connectivity index (χ3v) is 3.14. The predicted molar refractivity (Wildman–Crippen MR) is 59.0 cm³/mol. The van der Waals surface area contributed by atoms with Crippen LogP contribution >= 0.6 is 0 Å². The second-order valence-corrected chi connectivity index (χ2v) is 3.97. The van der Waals surface area contributed by atoms with Crippen LogP contribution in [0.2, 0.25) is 0 Å². The van der Waals surface area contributed by atoms with E-state index in [1.807, 2.05) is 24.3 Å². The zero-order valence-corrected chi connectivity index (χ0v) is 8.99. The molecule has 1 heterocycles. The maximum atomic E-state index is 9.57. The second-order valence-electron chi connectivity index (χ2n) is 3.97. The Bertz CT molecular complexity index is 332. The largest absolute Gasteiger partial charge is 0.496 e. The molecule has 82 valence electrons. The predicted octanol–water partition coefficient (Wildman–Crippen LogP) is 1.27. The van der Waals surface area contributed by atoms with Gasteiger partial charge in [-0.2, -0.15) is 0 Å². The van der Waals surface area contributed by atoms with Gasteiger partial charge in [0.25, 0.3) is 0 Å². The Morgan fingerprint density at radius 3 is 2.87 bits per heavy atom.